The van der Waals surface area contributed by atoms with Gasteiger partial charge in [0, 0.05) is 49.6 Å². The Morgan fingerprint density at radius 1 is 1.50 bits per heavy atom. The van der Waals surface area contributed by atoms with Crippen LogP contribution in [0.2, 0.25) is 0 Å². The number of anilines is 1. The number of hydrogen-bond acceptors (Lipinski definition) is 4. The molecule has 0 unspecified atom stereocenters. The molecule has 1 amide bonds. The van der Waals surface area contributed by atoms with Gasteiger partial charge in [-0.25, -0.2) is 0 Å². The molecule has 0 saturated carbocycles. The Labute approximate surface area is 124 Å². The largest absolute Gasteiger partial charge is 0.382 e. The summed E-state index contributed by atoms with van der Waals surface area (Å²) < 4.78 is 5.25. The smallest absolute Gasteiger partial charge is 0.251 e. The Bertz CT molecular complexity index is 465. The summed E-state index contributed by atoms with van der Waals surface area (Å²) >= 11 is 1.85. The number of amides is 1. The van der Waals surface area contributed by atoms with E-state index in [1.807, 2.05) is 36.9 Å². The third-order valence-electron chi connectivity index (χ3n) is 3.27. The zero-order valence-electron chi connectivity index (χ0n) is 12.1. The summed E-state index contributed by atoms with van der Waals surface area (Å²) in [6.45, 7) is 5.07. The first-order valence-electron chi connectivity index (χ1n) is 7.06. The number of carbonyl (C=O) groups excluding carboxylic acids is 1. The maximum atomic E-state index is 12.1. The first kappa shape index (κ1) is 15.2. The van der Waals surface area contributed by atoms with Crippen molar-refractivity contribution in [3.05, 3.63) is 23.8 Å². The fourth-order valence-corrected chi connectivity index (χ4v) is 3.23. The van der Waals surface area contributed by atoms with E-state index in [0.29, 0.717) is 13.2 Å². The van der Waals surface area contributed by atoms with Gasteiger partial charge in [0.1, 0.15) is 0 Å². The molecule has 1 heterocycles. The Kier molecular flexibility index (Phi) is 5.73. The Balaban J connectivity index is 1.92. The first-order valence-corrected chi connectivity index (χ1v) is 8.05. The topological polar surface area (TPSA) is 41.6 Å². The molecule has 1 aromatic carbocycles. The van der Waals surface area contributed by atoms with Crippen molar-refractivity contribution in [3.63, 3.8) is 0 Å². The second kappa shape index (κ2) is 7.55. The van der Waals surface area contributed by atoms with Crippen LogP contribution in [0.3, 0.4) is 0 Å². The number of fused-ring (bicyclic) bond motifs is 1. The molecule has 1 aliphatic heterocycles. The Morgan fingerprint density at radius 2 is 2.35 bits per heavy atom. The highest BCUT2D eigenvalue weighted by Gasteiger charge is 2.16. The molecule has 0 saturated heterocycles. The van der Waals surface area contributed by atoms with Gasteiger partial charge in [0.2, 0.25) is 0 Å². The van der Waals surface area contributed by atoms with E-state index in [1.54, 1.807) is 0 Å². The average molecular weight is 294 g/mol. The summed E-state index contributed by atoms with van der Waals surface area (Å²) in [6, 6.07) is 5.94. The van der Waals surface area contributed by atoms with Crippen LogP contribution in [0.4, 0.5) is 5.69 Å². The van der Waals surface area contributed by atoms with Gasteiger partial charge in [0.05, 0.1) is 5.69 Å². The normalized spacial score (nSPS) is 14.0. The minimum absolute atomic E-state index is 0.00623. The molecule has 4 nitrogen and oxygen atoms in total. The maximum Gasteiger partial charge on any atom is 0.251 e. The molecule has 20 heavy (non-hydrogen) atoms. The van der Waals surface area contributed by atoms with Crippen molar-refractivity contribution in [2.45, 2.75) is 18.2 Å². The minimum atomic E-state index is -0.00623. The molecular weight excluding hydrogens is 272 g/mol. The fraction of sp³-hybridized carbons (Fsp3) is 0.533. The summed E-state index contributed by atoms with van der Waals surface area (Å²) in [5, 5.41) is 2.94. The Hall–Kier alpha value is -1.20. The molecule has 1 N–H and O–H groups in total. The minimum Gasteiger partial charge on any atom is -0.382 e. The van der Waals surface area contributed by atoms with Gasteiger partial charge in [-0.2, -0.15) is 0 Å². The van der Waals surface area contributed by atoms with Crippen LogP contribution in [0.1, 0.15) is 23.7 Å². The van der Waals surface area contributed by atoms with Gasteiger partial charge in [-0.05, 0) is 31.5 Å². The highest BCUT2D eigenvalue weighted by atomic mass is 32.2. The summed E-state index contributed by atoms with van der Waals surface area (Å²) in [7, 11) is 2.07. The Morgan fingerprint density at radius 3 is 3.15 bits per heavy atom. The number of hydrogen-bond donors (Lipinski definition) is 1. The predicted octanol–water partition coefficient (Wildman–Crippen LogP) is 2.38. The number of carbonyl (C=O) groups is 1. The van der Waals surface area contributed by atoms with Crippen LogP contribution in [0, 0.1) is 0 Å². The number of rotatable bonds is 6. The van der Waals surface area contributed by atoms with Crippen molar-refractivity contribution in [2.75, 3.05) is 44.0 Å². The van der Waals surface area contributed by atoms with Crippen molar-refractivity contribution < 1.29 is 9.53 Å². The number of benzene rings is 1. The number of ether oxygens (including phenoxy) is 1. The van der Waals surface area contributed by atoms with Gasteiger partial charge in [0.25, 0.3) is 5.91 Å². The van der Waals surface area contributed by atoms with Crippen molar-refractivity contribution in [2.24, 2.45) is 0 Å². The van der Waals surface area contributed by atoms with Crippen LogP contribution in [-0.2, 0) is 4.74 Å². The van der Waals surface area contributed by atoms with Gasteiger partial charge in [-0.15, -0.1) is 11.8 Å². The van der Waals surface area contributed by atoms with E-state index in [9.17, 15) is 4.79 Å². The zero-order valence-corrected chi connectivity index (χ0v) is 13.0. The van der Waals surface area contributed by atoms with E-state index in [-0.39, 0.29) is 5.91 Å². The molecule has 0 fully saturated rings. The molecule has 110 valence electrons. The lowest BCUT2D eigenvalue weighted by molar-refractivity contribution is 0.0944. The molecule has 2 rings (SSSR count). The van der Waals surface area contributed by atoms with E-state index >= 15 is 0 Å². The van der Waals surface area contributed by atoms with Crippen LogP contribution in [0.15, 0.2) is 23.1 Å². The third kappa shape index (κ3) is 3.90. The zero-order chi connectivity index (χ0) is 14.4. The molecule has 0 spiro atoms. The molecular formula is C15H22N2O2S. The highest BCUT2D eigenvalue weighted by Crippen LogP contribution is 2.34. The molecule has 0 radical (unpaired) electrons. The standard InChI is InChI=1S/C15H22N2O2S/c1-3-19-9-4-7-16-15(18)12-5-6-14-13(11-12)17(2)8-10-20-14/h5-6,11H,3-4,7-10H2,1-2H3,(H,16,18). The van der Waals surface area contributed by atoms with Crippen LogP contribution < -0.4 is 10.2 Å². The van der Waals surface area contributed by atoms with Crippen LogP contribution >= 0.6 is 11.8 Å². The van der Waals surface area contributed by atoms with Gasteiger partial charge < -0.3 is 15.0 Å². The van der Waals surface area contributed by atoms with Crippen molar-refractivity contribution in [1.82, 2.24) is 5.32 Å². The van der Waals surface area contributed by atoms with Crippen molar-refractivity contribution >= 4 is 23.4 Å². The lowest BCUT2D eigenvalue weighted by Gasteiger charge is -2.27. The van der Waals surface area contributed by atoms with E-state index in [2.05, 4.69) is 17.3 Å². The summed E-state index contributed by atoms with van der Waals surface area (Å²) in [5.41, 5.74) is 1.89. The summed E-state index contributed by atoms with van der Waals surface area (Å²) in [6.07, 6.45) is 0.847. The van der Waals surface area contributed by atoms with E-state index in [1.165, 1.54) is 4.90 Å². The van der Waals surface area contributed by atoms with E-state index in [0.717, 1.165) is 36.6 Å². The van der Waals surface area contributed by atoms with Crippen LogP contribution in [0.25, 0.3) is 0 Å². The SMILES string of the molecule is CCOCCCNC(=O)c1ccc2c(c1)N(C)CCS2. The summed E-state index contributed by atoms with van der Waals surface area (Å²) in [5.74, 6) is 1.10. The molecule has 0 bridgehead atoms. The maximum absolute atomic E-state index is 12.1. The molecule has 1 aromatic rings. The second-order valence-electron chi connectivity index (χ2n) is 4.76. The van der Waals surface area contributed by atoms with Crippen molar-refractivity contribution in [1.29, 1.82) is 0 Å². The molecule has 0 aliphatic carbocycles. The van der Waals surface area contributed by atoms with E-state index < -0.39 is 0 Å². The first-order chi connectivity index (χ1) is 9.72. The number of nitrogens with zero attached hydrogens (tertiary/aromatic N) is 1. The summed E-state index contributed by atoms with van der Waals surface area (Å²) in [4.78, 5) is 15.6. The van der Waals surface area contributed by atoms with Gasteiger partial charge in [-0.3, -0.25) is 4.79 Å². The lowest BCUT2D eigenvalue weighted by atomic mass is 10.1. The highest BCUT2D eigenvalue weighted by molar-refractivity contribution is 7.99. The quantitative estimate of drug-likeness (QED) is 0.818. The monoisotopic (exact) mass is 294 g/mol. The predicted molar refractivity (Wildman–Crippen MR) is 83.9 cm³/mol. The number of thioether (sulfide) groups is 1. The second-order valence-corrected chi connectivity index (χ2v) is 5.90. The molecule has 0 atom stereocenters. The third-order valence-corrected chi connectivity index (χ3v) is 4.31. The van der Waals surface area contributed by atoms with Crippen molar-refractivity contribution in [3.8, 4) is 0 Å². The van der Waals surface area contributed by atoms with E-state index in [4.69, 9.17) is 4.74 Å². The fourth-order valence-electron chi connectivity index (χ4n) is 2.11. The average Bonchev–Trinajstić information content (AvgIpc) is 2.47. The van der Waals surface area contributed by atoms with Crippen LogP contribution in [0.5, 0.6) is 0 Å². The molecule has 1 aliphatic rings. The van der Waals surface area contributed by atoms with Gasteiger partial charge >= 0.3 is 0 Å². The van der Waals surface area contributed by atoms with Gasteiger partial charge in [-0.1, -0.05) is 0 Å². The number of nitrogens with one attached hydrogen (secondary N) is 1. The molecule has 5 heteroatoms. The van der Waals surface area contributed by atoms with Gasteiger partial charge in [0.15, 0.2) is 0 Å². The van der Waals surface area contributed by atoms with Crippen LogP contribution in [-0.4, -0.2) is 45.0 Å². The lowest BCUT2D eigenvalue weighted by Crippen LogP contribution is -2.27. The molecule has 0 aromatic heterocycles.